The van der Waals surface area contributed by atoms with Crippen LogP contribution in [0.1, 0.15) is 42.4 Å². The second-order valence-electron chi connectivity index (χ2n) is 8.90. The number of hydrogen-bond donors (Lipinski definition) is 3. The Bertz CT molecular complexity index is 1140. The Kier molecular flexibility index (Phi) is 9.81. The number of nitriles is 1. The highest BCUT2D eigenvalue weighted by Crippen LogP contribution is 2.61. The minimum Gasteiger partial charge on any atom is -0.356 e. The average Bonchev–Trinajstić information content (AvgIpc) is 3.34. The van der Waals surface area contributed by atoms with E-state index in [2.05, 4.69) is 26.3 Å². The Morgan fingerprint density at radius 1 is 1.12 bits per heavy atom. The lowest BCUT2D eigenvalue weighted by Gasteiger charge is -2.40. The van der Waals surface area contributed by atoms with Crippen molar-refractivity contribution in [3.05, 3.63) is 15.9 Å². The predicted octanol–water partition coefficient (Wildman–Crippen LogP) is 3.67. The zero-order chi connectivity index (χ0) is 30.8. The van der Waals surface area contributed by atoms with E-state index in [4.69, 9.17) is 0 Å². The van der Waals surface area contributed by atoms with Crippen LogP contribution in [0, 0.1) is 29.6 Å². The summed E-state index contributed by atoms with van der Waals surface area (Å²) in [5.41, 5.74) is -6.79. The van der Waals surface area contributed by atoms with Gasteiger partial charge in [-0.1, -0.05) is 0 Å². The number of rotatable bonds is 9. The van der Waals surface area contributed by atoms with E-state index in [1.54, 1.807) is 5.32 Å². The Labute approximate surface area is 228 Å². The summed E-state index contributed by atoms with van der Waals surface area (Å²) in [6.07, 6.45) is -24.3. The van der Waals surface area contributed by atoms with Crippen molar-refractivity contribution in [3.63, 3.8) is 0 Å². The number of aryl methyl sites for hydroxylation is 2. The van der Waals surface area contributed by atoms with Crippen LogP contribution in [0.25, 0.3) is 0 Å². The maximum Gasteiger partial charge on any atom is 0.412 e. The molecule has 1 aliphatic rings. The third-order valence-electron chi connectivity index (χ3n) is 6.31. The Morgan fingerprint density at radius 2 is 1.68 bits per heavy atom. The largest absolute Gasteiger partial charge is 0.412 e. The minimum atomic E-state index is -7.01. The molecule has 2 heterocycles. The van der Waals surface area contributed by atoms with Gasteiger partial charge in [-0.2, -0.15) is 49.9 Å². The monoisotopic (exact) mass is 656 g/mol. The van der Waals surface area contributed by atoms with Crippen LogP contribution in [0.2, 0.25) is 0 Å². The molecule has 1 aromatic heterocycles. The number of halogens is 10. The van der Waals surface area contributed by atoms with Crippen LogP contribution in [0.5, 0.6) is 0 Å². The van der Waals surface area contributed by atoms with E-state index in [9.17, 15) is 59.2 Å². The van der Waals surface area contributed by atoms with Gasteiger partial charge in [0.15, 0.2) is 0 Å². The second kappa shape index (κ2) is 11.8. The van der Waals surface area contributed by atoms with Gasteiger partial charge in [0.05, 0.1) is 16.2 Å². The third kappa shape index (κ3) is 6.47. The molecule has 224 valence electrons. The highest BCUT2D eigenvalue weighted by atomic mass is 79.9. The standard InChI is InChI=1S/C21H22BrF9N6O3/c1-3-37-14(13(22)9(2)36-37)17(40)35-12(7-18(19(23,24)25,20(26,27)28)21(29,30)31)16(39)34-11(8-32)6-10-4-5-33-15(10)38/h10-12H,3-7H2,1-2H3,(H,33,38)(H,34,39)(H,35,40)/t10-,11-,12-/m0/s1. The first-order valence-electron chi connectivity index (χ1n) is 11.4. The summed E-state index contributed by atoms with van der Waals surface area (Å²) in [5.74, 6) is -4.86. The molecule has 19 heteroatoms. The van der Waals surface area contributed by atoms with Crippen molar-refractivity contribution in [2.75, 3.05) is 6.54 Å². The zero-order valence-corrected chi connectivity index (χ0v) is 22.2. The molecule has 3 atom stereocenters. The fraction of sp³-hybridized carbons (Fsp3) is 0.667. The minimum absolute atomic E-state index is 0.0520. The van der Waals surface area contributed by atoms with Crippen LogP contribution in [0.3, 0.4) is 0 Å². The molecular weight excluding hydrogens is 635 g/mol. The Hall–Kier alpha value is -3.04. The van der Waals surface area contributed by atoms with Crippen LogP contribution in [0.15, 0.2) is 4.47 Å². The van der Waals surface area contributed by atoms with Gasteiger partial charge in [0, 0.05) is 25.4 Å². The van der Waals surface area contributed by atoms with Crippen LogP contribution in [-0.2, 0) is 16.1 Å². The van der Waals surface area contributed by atoms with Gasteiger partial charge in [0.25, 0.3) is 11.3 Å². The van der Waals surface area contributed by atoms with Crippen molar-refractivity contribution >= 4 is 33.7 Å². The van der Waals surface area contributed by atoms with Gasteiger partial charge >= 0.3 is 18.5 Å². The van der Waals surface area contributed by atoms with Gasteiger partial charge in [0.2, 0.25) is 11.8 Å². The maximum absolute atomic E-state index is 13.7. The van der Waals surface area contributed by atoms with Crippen molar-refractivity contribution < 1.29 is 53.9 Å². The van der Waals surface area contributed by atoms with Gasteiger partial charge in [-0.3, -0.25) is 19.1 Å². The molecule has 1 aliphatic heterocycles. The summed E-state index contributed by atoms with van der Waals surface area (Å²) in [6, 6.07) is -3.31. The second-order valence-corrected chi connectivity index (χ2v) is 9.69. The van der Waals surface area contributed by atoms with Crippen LogP contribution < -0.4 is 16.0 Å². The van der Waals surface area contributed by atoms with Crippen molar-refractivity contribution in [1.82, 2.24) is 25.7 Å². The fourth-order valence-corrected chi connectivity index (χ4v) is 4.61. The van der Waals surface area contributed by atoms with E-state index in [1.165, 1.54) is 25.2 Å². The maximum atomic E-state index is 13.7. The molecule has 0 aliphatic carbocycles. The summed E-state index contributed by atoms with van der Waals surface area (Å²) >= 11 is 2.97. The first-order chi connectivity index (χ1) is 18.2. The lowest BCUT2D eigenvalue weighted by atomic mass is 9.78. The van der Waals surface area contributed by atoms with Gasteiger partial charge in [0.1, 0.15) is 17.8 Å². The Morgan fingerprint density at radius 3 is 2.10 bits per heavy atom. The molecule has 1 fully saturated rings. The van der Waals surface area contributed by atoms with E-state index in [0.29, 0.717) is 0 Å². The molecule has 3 amide bonds. The molecule has 9 nitrogen and oxygen atoms in total. The van der Waals surface area contributed by atoms with Crippen LogP contribution >= 0.6 is 15.9 Å². The fourth-order valence-electron chi connectivity index (χ4n) is 4.15. The quantitative estimate of drug-likeness (QED) is 0.350. The highest BCUT2D eigenvalue weighted by molar-refractivity contribution is 9.10. The SMILES string of the molecule is CCn1nc(C)c(Br)c1C(=O)N[C@@H](CC(C(F)(F)F)(C(F)(F)F)C(F)(F)F)C(=O)N[C@H](C#N)C[C@@H]1CCNC1=O. The third-order valence-corrected chi connectivity index (χ3v) is 7.26. The van der Waals surface area contributed by atoms with Crippen molar-refractivity contribution in [1.29, 1.82) is 5.26 Å². The van der Waals surface area contributed by atoms with Crippen LogP contribution in [0.4, 0.5) is 39.5 Å². The molecule has 40 heavy (non-hydrogen) atoms. The highest BCUT2D eigenvalue weighted by Gasteiger charge is 2.83. The van der Waals surface area contributed by atoms with Crippen molar-refractivity contribution in [2.24, 2.45) is 11.3 Å². The molecule has 0 bridgehead atoms. The summed E-state index contributed by atoms with van der Waals surface area (Å²) < 4.78 is 124. The average molecular weight is 657 g/mol. The number of carbonyl (C=O) groups is 3. The first-order valence-corrected chi connectivity index (χ1v) is 12.2. The van der Waals surface area contributed by atoms with E-state index < -0.39 is 78.2 Å². The molecule has 0 aromatic carbocycles. The van der Waals surface area contributed by atoms with Gasteiger partial charge in [-0.05, 0) is 42.6 Å². The van der Waals surface area contributed by atoms with E-state index in [0.717, 1.165) is 4.68 Å². The van der Waals surface area contributed by atoms with Gasteiger partial charge in [-0.25, -0.2) is 0 Å². The molecule has 0 saturated carbocycles. The number of aromatic nitrogens is 2. The number of carbonyl (C=O) groups excluding carboxylic acids is 3. The van der Waals surface area contributed by atoms with Crippen molar-refractivity contribution in [3.8, 4) is 6.07 Å². The lowest BCUT2D eigenvalue weighted by molar-refractivity contribution is -0.429. The number of hydrogen-bond acceptors (Lipinski definition) is 5. The molecule has 0 unspecified atom stereocenters. The number of nitrogens with one attached hydrogen (secondary N) is 3. The molecule has 3 N–H and O–H groups in total. The predicted molar refractivity (Wildman–Crippen MR) is 120 cm³/mol. The molecule has 0 spiro atoms. The van der Waals surface area contributed by atoms with Crippen LogP contribution in [-0.4, -0.2) is 64.7 Å². The van der Waals surface area contributed by atoms with Gasteiger partial charge in [-0.15, -0.1) is 0 Å². The Balaban J connectivity index is 2.57. The topological polar surface area (TPSA) is 129 Å². The van der Waals surface area contributed by atoms with E-state index in [1.807, 2.05) is 0 Å². The smallest absolute Gasteiger partial charge is 0.356 e. The number of nitrogens with zero attached hydrogens (tertiary/aromatic N) is 3. The molecule has 1 aromatic rings. The zero-order valence-electron chi connectivity index (χ0n) is 20.6. The lowest BCUT2D eigenvalue weighted by Crippen LogP contribution is -2.64. The van der Waals surface area contributed by atoms with Gasteiger partial charge < -0.3 is 16.0 Å². The number of amides is 3. The summed E-state index contributed by atoms with van der Waals surface area (Å²) in [7, 11) is 0. The molecule has 2 rings (SSSR count). The molecular formula is C21H22BrF9N6O3. The van der Waals surface area contributed by atoms with Crippen molar-refractivity contribution in [2.45, 2.75) is 70.3 Å². The number of alkyl halides is 9. The van der Waals surface area contributed by atoms with E-state index in [-0.39, 0.29) is 29.7 Å². The summed E-state index contributed by atoms with van der Waals surface area (Å²) in [4.78, 5) is 37.6. The van der Waals surface area contributed by atoms with E-state index >= 15 is 0 Å². The first kappa shape index (κ1) is 33.2. The molecule has 1 saturated heterocycles. The molecule has 0 radical (unpaired) electrons. The summed E-state index contributed by atoms with van der Waals surface area (Å²) in [5, 5.41) is 19.0. The normalized spacial score (nSPS) is 18.1. The summed E-state index contributed by atoms with van der Waals surface area (Å²) in [6.45, 7) is 2.97.